The van der Waals surface area contributed by atoms with E-state index in [2.05, 4.69) is 0 Å². The van der Waals surface area contributed by atoms with Crippen molar-refractivity contribution in [1.82, 2.24) is 4.31 Å². The molecule has 146 valence electrons. The third-order valence-electron chi connectivity index (χ3n) is 4.54. The number of rotatable bonds is 5. The summed E-state index contributed by atoms with van der Waals surface area (Å²) < 4.78 is 38.4. The van der Waals surface area contributed by atoms with Crippen molar-refractivity contribution in [2.24, 2.45) is 0 Å². The predicted octanol–water partition coefficient (Wildman–Crippen LogP) is 4.23. The molecule has 0 aliphatic carbocycles. The lowest BCUT2D eigenvalue weighted by Crippen LogP contribution is -2.33. The molecule has 0 bridgehead atoms. The molecule has 0 saturated carbocycles. The van der Waals surface area contributed by atoms with E-state index in [-0.39, 0.29) is 15.9 Å². The average Bonchev–Trinajstić information content (AvgIpc) is 2.94. The predicted molar refractivity (Wildman–Crippen MR) is 110 cm³/mol. The molecule has 27 heavy (non-hydrogen) atoms. The van der Waals surface area contributed by atoms with Crippen LogP contribution in [0.25, 0.3) is 0 Å². The molecule has 1 fully saturated rings. The zero-order valence-electron chi connectivity index (χ0n) is 15.2. The van der Waals surface area contributed by atoms with Gasteiger partial charge in [-0.2, -0.15) is 16.1 Å². The molecule has 0 radical (unpaired) electrons. The van der Waals surface area contributed by atoms with Crippen LogP contribution in [0.15, 0.2) is 47.4 Å². The Balaban J connectivity index is 1.83. The minimum absolute atomic E-state index is 0.159. The Morgan fingerprint density at radius 3 is 2.59 bits per heavy atom. The standard InChI is InChI=1S/C19H22ClNO4S2/c1-24-14-7-8-19(17(13-14)25-2)27(22,23)21-10-9-18(26-12-11-21)15-5-3-4-6-16(15)20/h3-8,13,18H,9-12H2,1-2H3. The van der Waals surface area contributed by atoms with Gasteiger partial charge in [-0.3, -0.25) is 0 Å². The van der Waals surface area contributed by atoms with Gasteiger partial charge in [0.25, 0.3) is 0 Å². The molecule has 2 aromatic rings. The lowest BCUT2D eigenvalue weighted by Gasteiger charge is -2.21. The van der Waals surface area contributed by atoms with E-state index in [1.54, 1.807) is 23.9 Å². The summed E-state index contributed by atoms with van der Waals surface area (Å²) in [7, 11) is -0.673. The lowest BCUT2D eigenvalue weighted by molar-refractivity contribution is 0.380. The van der Waals surface area contributed by atoms with Crippen LogP contribution < -0.4 is 9.47 Å². The van der Waals surface area contributed by atoms with Crippen LogP contribution in [0.1, 0.15) is 17.2 Å². The number of ether oxygens (including phenoxy) is 2. The van der Waals surface area contributed by atoms with E-state index >= 15 is 0 Å². The van der Waals surface area contributed by atoms with Gasteiger partial charge < -0.3 is 9.47 Å². The van der Waals surface area contributed by atoms with E-state index in [0.717, 1.165) is 10.6 Å². The smallest absolute Gasteiger partial charge is 0.246 e. The van der Waals surface area contributed by atoms with Crippen LogP contribution in [-0.2, 0) is 10.0 Å². The molecule has 2 aromatic carbocycles. The second-order valence-corrected chi connectivity index (χ2v) is 9.71. The summed E-state index contributed by atoms with van der Waals surface area (Å²) in [4.78, 5) is 0.159. The second kappa shape index (κ2) is 8.73. The number of hydrogen-bond donors (Lipinski definition) is 0. The molecular formula is C19H22ClNO4S2. The molecule has 5 nitrogen and oxygen atoms in total. The first kappa shape index (κ1) is 20.3. The highest BCUT2D eigenvalue weighted by molar-refractivity contribution is 7.99. The number of methoxy groups -OCH3 is 2. The number of hydrogen-bond acceptors (Lipinski definition) is 5. The molecule has 1 saturated heterocycles. The third kappa shape index (κ3) is 4.37. The highest BCUT2D eigenvalue weighted by atomic mass is 35.5. The largest absolute Gasteiger partial charge is 0.497 e. The van der Waals surface area contributed by atoms with Gasteiger partial charge in [0, 0.05) is 35.2 Å². The molecule has 1 aliphatic heterocycles. The Bertz CT molecular complexity index is 904. The minimum atomic E-state index is -3.66. The first-order chi connectivity index (χ1) is 13.0. The Labute approximate surface area is 169 Å². The van der Waals surface area contributed by atoms with Gasteiger partial charge in [0.1, 0.15) is 16.4 Å². The molecule has 0 spiro atoms. The van der Waals surface area contributed by atoms with Crippen LogP contribution in [0.3, 0.4) is 0 Å². The van der Waals surface area contributed by atoms with E-state index in [0.29, 0.717) is 31.0 Å². The molecule has 0 aromatic heterocycles. The van der Waals surface area contributed by atoms with E-state index in [1.807, 2.05) is 24.3 Å². The molecule has 1 heterocycles. The van der Waals surface area contributed by atoms with Gasteiger partial charge in [0.2, 0.25) is 10.0 Å². The van der Waals surface area contributed by atoms with Crippen molar-refractivity contribution >= 4 is 33.4 Å². The first-order valence-electron chi connectivity index (χ1n) is 8.55. The average molecular weight is 428 g/mol. The molecule has 1 aliphatic rings. The summed E-state index contributed by atoms with van der Waals surface area (Å²) in [6.07, 6.45) is 0.700. The fourth-order valence-corrected chi connectivity index (χ4v) is 6.41. The molecule has 3 rings (SSSR count). The quantitative estimate of drug-likeness (QED) is 0.714. The summed E-state index contributed by atoms with van der Waals surface area (Å²) in [6.45, 7) is 0.879. The van der Waals surface area contributed by atoms with E-state index in [4.69, 9.17) is 21.1 Å². The van der Waals surface area contributed by atoms with Crippen molar-refractivity contribution in [3.8, 4) is 11.5 Å². The van der Waals surface area contributed by atoms with Crippen molar-refractivity contribution in [3.63, 3.8) is 0 Å². The highest BCUT2D eigenvalue weighted by Gasteiger charge is 2.31. The van der Waals surface area contributed by atoms with Crippen molar-refractivity contribution in [3.05, 3.63) is 53.1 Å². The zero-order valence-corrected chi connectivity index (χ0v) is 17.6. The minimum Gasteiger partial charge on any atom is -0.497 e. The Kier molecular flexibility index (Phi) is 6.57. The zero-order chi connectivity index (χ0) is 19.4. The summed E-state index contributed by atoms with van der Waals surface area (Å²) in [6, 6.07) is 12.5. The second-order valence-electron chi connectivity index (χ2n) is 6.09. The van der Waals surface area contributed by atoms with Gasteiger partial charge in [0.05, 0.1) is 14.2 Å². The maximum atomic E-state index is 13.2. The van der Waals surface area contributed by atoms with Gasteiger partial charge in [0.15, 0.2) is 0 Å². The molecule has 1 unspecified atom stereocenters. The summed E-state index contributed by atoms with van der Waals surface area (Å²) >= 11 is 8.07. The van der Waals surface area contributed by atoms with Gasteiger partial charge in [-0.15, -0.1) is 0 Å². The topological polar surface area (TPSA) is 55.8 Å². The van der Waals surface area contributed by atoms with Crippen LogP contribution in [0.2, 0.25) is 5.02 Å². The maximum Gasteiger partial charge on any atom is 0.246 e. The van der Waals surface area contributed by atoms with Gasteiger partial charge in [-0.05, 0) is 30.2 Å². The number of nitrogens with zero attached hydrogens (tertiary/aromatic N) is 1. The monoisotopic (exact) mass is 427 g/mol. The van der Waals surface area contributed by atoms with Gasteiger partial charge in [-0.1, -0.05) is 29.8 Å². The maximum absolute atomic E-state index is 13.2. The van der Waals surface area contributed by atoms with E-state index < -0.39 is 10.0 Å². The van der Waals surface area contributed by atoms with Crippen LogP contribution in [-0.4, -0.2) is 45.8 Å². The molecule has 8 heteroatoms. The van der Waals surface area contributed by atoms with Crippen molar-refractivity contribution < 1.29 is 17.9 Å². The number of benzene rings is 2. The number of halogens is 1. The SMILES string of the molecule is COc1ccc(S(=O)(=O)N2CCSC(c3ccccc3Cl)CC2)c(OC)c1. The van der Waals surface area contributed by atoms with Crippen LogP contribution >= 0.6 is 23.4 Å². The Morgan fingerprint density at radius 1 is 1.11 bits per heavy atom. The van der Waals surface area contributed by atoms with Crippen molar-refractivity contribution in [2.45, 2.75) is 16.6 Å². The summed E-state index contributed by atoms with van der Waals surface area (Å²) in [5, 5.41) is 0.903. The molecular weight excluding hydrogens is 406 g/mol. The fourth-order valence-electron chi connectivity index (χ4n) is 3.10. The summed E-state index contributed by atoms with van der Waals surface area (Å²) in [5.74, 6) is 1.54. The normalized spacial score (nSPS) is 18.7. The molecule has 0 N–H and O–H groups in total. The summed E-state index contributed by atoms with van der Waals surface area (Å²) in [5.41, 5.74) is 1.06. The lowest BCUT2D eigenvalue weighted by atomic mass is 10.1. The van der Waals surface area contributed by atoms with Crippen molar-refractivity contribution in [1.29, 1.82) is 0 Å². The molecule has 0 amide bonds. The third-order valence-corrected chi connectivity index (χ3v) is 8.13. The molecule has 1 atom stereocenters. The Morgan fingerprint density at radius 2 is 1.89 bits per heavy atom. The fraction of sp³-hybridized carbons (Fsp3) is 0.368. The van der Waals surface area contributed by atoms with Gasteiger partial charge >= 0.3 is 0 Å². The number of thioether (sulfide) groups is 1. The first-order valence-corrected chi connectivity index (χ1v) is 11.4. The van der Waals surface area contributed by atoms with Crippen LogP contribution in [0.5, 0.6) is 11.5 Å². The van der Waals surface area contributed by atoms with Crippen molar-refractivity contribution in [2.75, 3.05) is 33.1 Å². The van der Waals surface area contributed by atoms with E-state index in [9.17, 15) is 8.42 Å². The van der Waals surface area contributed by atoms with Crippen LogP contribution in [0.4, 0.5) is 0 Å². The number of sulfonamides is 1. The highest BCUT2D eigenvalue weighted by Crippen LogP contribution is 2.39. The Hall–Kier alpha value is -1.41. The van der Waals surface area contributed by atoms with Crippen LogP contribution in [0, 0.1) is 0 Å². The van der Waals surface area contributed by atoms with Gasteiger partial charge in [-0.25, -0.2) is 8.42 Å². The van der Waals surface area contributed by atoms with E-state index in [1.165, 1.54) is 24.6 Å².